The molecular formula is C22H24Cl2N6O2. The van der Waals surface area contributed by atoms with E-state index >= 15 is 0 Å². The second kappa shape index (κ2) is 9.34. The zero-order valence-corrected chi connectivity index (χ0v) is 19.7. The summed E-state index contributed by atoms with van der Waals surface area (Å²) < 4.78 is 7.55. The first-order valence-corrected chi connectivity index (χ1v) is 11.0. The van der Waals surface area contributed by atoms with Gasteiger partial charge in [-0.25, -0.2) is 15.0 Å². The van der Waals surface area contributed by atoms with Gasteiger partial charge < -0.3 is 14.5 Å². The molecule has 1 amide bonds. The van der Waals surface area contributed by atoms with Crippen molar-refractivity contribution in [3.05, 3.63) is 57.9 Å². The molecule has 1 aromatic carbocycles. The molecule has 3 heterocycles. The van der Waals surface area contributed by atoms with Crippen molar-refractivity contribution in [3.8, 4) is 11.6 Å². The SMILES string of the molecule is Cc1nc(N2CCN(C(=O)COc3ccc(Cl)cc3Cl)CC2)cc(-n2cnc(C)c2C)n1. The fourth-order valence-corrected chi connectivity index (χ4v) is 4.02. The molecule has 32 heavy (non-hydrogen) atoms. The van der Waals surface area contributed by atoms with Gasteiger partial charge in [-0.05, 0) is 39.0 Å². The average Bonchev–Trinajstić information content (AvgIpc) is 3.11. The van der Waals surface area contributed by atoms with E-state index in [4.69, 9.17) is 27.9 Å². The van der Waals surface area contributed by atoms with Crippen LogP contribution in [0.5, 0.6) is 5.75 Å². The molecule has 0 bridgehead atoms. The Kier molecular flexibility index (Phi) is 6.53. The summed E-state index contributed by atoms with van der Waals surface area (Å²) in [6.45, 7) is 8.31. The summed E-state index contributed by atoms with van der Waals surface area (Å²) in [5.74, 6) is 2.68. The molecule has 0 spiro atoms. The van der Waals surface area contributed by atoms with Crippen molar-refractivity contribution in [3.63, 3.8) is 0 Å². The molecule has 2 aromatic heterocycles. The lowest BCUT2D eigenvalue weighted by molar-refractivity contribution is -0.133. The highest BCUT2D eigenvalue weighted by Gasteiger charge is 2.23. The Labute approximate surface area is 196 Å². The lowest BCUT2D eigenvalue weighted by atomic mass is 10.3. The van der Waals surface area contributed by atoms with Gasteiger partial charge in [0.2, 0.25) is 0 Å². The van der Waals surface area contributed by atoms with Crippen molar-refractivity contribution in [1.29, 1.82) is 0 Å². The van der Waals surface area contributed by atoms with Gasteiger partial charge in [-0.1, -0.05) is 23.2 Å². The molecule has 1 aliphatic heterocycles. The average molecular weight is 475 g/mol. The number of piperazine rings is 1. The molecule has 0 saturated carbocycles. The third kappa shape index (κ3) is 4.81. The molecule has 0 unspecified atom stereocenters. The number of aromatic nitrogens is 4. The van der Waals surface area contributed by atoms with Crippen molar-refractivity contribution in [1.82, 2.24) is 24.4 Å². The highest BCUT2D eigenvalue weighted by Crippen LogP contribution is 2.27. The molecular weight excluding hydrogens is 451 g/mol. The molecule has 4 rings (SSSR count). The summed E-state index contributed by atoms with van der Waals surface area (Å²) >= 11 is 12.0. The maximum Gasteiger partial charge on any atom is 0.260 e. The predicted molar refractivity (Wildman–Crippen MR) is 124 cm³/mol. The van der Waals surface area contributed by atoms with Crippen LogP contribution in [0.1, 0.15) is 17.2 Å². The van der Waals surface area contributed by atoms with Gasteiger partial charge in [0.05, 0.1) is 10.7 Å². The number of nitrogens with zero attached hydrogens (tertiary/aromatic N) is 6. The molecule has 1 saturated heterocycles. The van der Waals surface area contributed by atoms with E-state index in [1.165, 1.54) is 0 Å². The number of hydrogen-bond donors (Lipinski definition) is 0. The zero-order chi connectivity index (χ0) is 22.8. The van der Waals surface area contributed by atoms with Crippen molar-refractivity contribution < 1.29 is 9.53 Å². The van der Waals surface area contributed by atoms with E-state index in [-0.39, 0.29) is 12.5 Å². The van der Waals surface area contributed by atoms with Crippen LogP contribution < -0.4 is 9.64 Å². The molecule has 1 aliphatic rings. The van der Waals surface area contributed by atoms with E-state index in [1.807, 2.05) is 31.4 Å². The Morgan fingerprint density at radius 2 is 1.75 bits per heavy atom. The van der Waals surface area contributed by atoms with Crippen LogP contribution in [0, 0.1) is 20.8 Å². The molecule has 0 N–H and O–H groups in total. The van der Waals surface area contributed by atoms with E-state index in [9.17, 15) is 4.79 Å². The van der Waals surface area contributed by atoms with Crippen molar-refractivity contribution >= 4 is 34.9 Å². The van der Waals surface area contributed by atoms with Crippen LogP contribution in [0.3, 0.4) is 0 Å². The van der Waals surface area contributed by atoms with Crippen LogP contribution in [0.2, 0.25) is 10.0 Å². The highest BCUT2D eigenvalue weighted by molar-refractivity contribution is 6.35. The zero-order valence-electron chi connectivity index (χ0n) is 18.2. The van der Waals surface area contributed by atoms with E-state index < -0.39 is 0 Å². The summed E-state index contributed by atoms with van der Waals surface area (Å²) in [5, 5.41) is 0.902. The largest absolute Gasteiger partial charge is 0.482 e. The third-order valence-electron chi connectivity index (χ3n) is 5.51. The summed E-state index contributed by atoms with van der Waals surface area (Å²) in [5.41, 5.74) is 2.02. The lowest BCUT2D eigenvalue weighted by Crippen LogP contribution is -2.50. The number of rotatable bonds is 5. The lowest BCUT2D eigenvalue weighted by Gasteiger charge is -2.35. The maximum atomic E-state index is 12.6. The van der Waals surface area contributed by atoms with Crippen molar-refractivity contribution in [2.75, 3.05) is 37.7 Å². The molecule has 10 heteroatoms. The van der Waals surface area contributed by atoms with Crippen LogP contribution >= 0.6 is 23.2 Å². The van der Waals surface area contributed by atoms with Gasteiger partial charge in [0, 0.05) is 43.0 Å². The minimum Gasteiger partial charge on any atom is -0.482 e. The number of anilines is 1. The van der Waals surface area contributed by atoms with Crippen molar-refractivity contribution in [2.24, 2.45) is 0 Å². The van der Waals surface area contributed by atoms with Gasteiger partial charge >= 0.3 is 0 Å². The van der Waals surface area contributed by atoms with E-state index in [1.54, 1.807) is 29.4 Å². The number of imidazole rings is 1. The number of halogens is 2. The first-order chi connectivity index (χ1) is 15.3. The van der Waals surface area contributed by atoms with Gasteiger partial charge in [0.1, 0.15) is 29.5 Å². The number of aryl methyl sites for hydroxylation is 2. The van der Waals surface area contributed by atoms with Gasteiger partial charge in [-0.3, -0.25) is 9.36 Å². The number of amides is 1. The minimum atomic E-state index is -0.0836. The quantitative estimate of drug-likeness (QED) is 0.561. The second-order valence-corrected chi connectivity index (χ2v) is 8.49. The predicted octanol–water partition coefficient (Wildman–Crippen LogP) is 3.62. The highest BCUT2D eigenvalue weighted by atomic mass is 35.5. The minimum absolute atomic E-state index is 0.0721. The molecule has 1 fully saturated rings. The molecule has 3 aromatic rings. The van der Waals surface area contributed by atoms with Crippen LogP contribution in [-0.4, -0.2) is 63.1 Å². The Morgan fingerprint density at radius 3 is 2.41 bits per heavy atom. The molecule has 8 nitrogen and oxygen atoms in total. The van der Waals surface area contributed by atoms with E-state index in [0.29, 0.717) is 47.8 Å². The van der Waals surface area contributed by atoms with Gasteiger partial charge in [0.25, 0.3) is 5.91 Å². The number of carbonyl (C=O) groups is 1. The van der Waals surface area contributed by atoms with Gasteiger partial charge in [-0.2, -0.15) is 0 Å². The third-order valence-corrected chi connectivity index (χ3v) is 6.04. The summed E-state index contributed by atoms with van der Waals surface area (Å²) in [4.78, 5) is 30.1. The normalized spacial score (nSPS) is 14.0. The number of ether oxygens (including phenoxy) is 1. The summed E-state index contributed by atoms with van der Waals surface area (Å²) in [6.07, 6.45) is 1.78. The molecule has 0 atom stereocenters. The standard InChI is InChI=1S/C22H24Cl2N6O2/c1-14-15(2)30(13-25-14)21-11-20(26-16(3)27-21)28-6-8-29(9-7-28)22(31)12-32-19-5-4-17(23)10-18(19)24/h4-5,10-11,13H,6-9,12H2,1-3H3. The smallest absolute Gasteiger partial charge is 0.260 e. The van der Waals surface area contributed by atoms with E-state index in [0.717, 1.165) is 23.0 Å². The Bertz CT molecular complexity index is 1140. The maximum absolute atomic E-state index is 12.6. The number of carbonyl (C=O) groups excluding carboxylic acids is 1. The van der Waals surface area contributed by atoms with Gasteiger partial charge in [0.15, 0.2) is 6.61 Å². The fourth-order valence-electron chi connectivity index (χ4n) is 3.56. The number of benzene rings is 1. The molecule has 168 valence electrons. The first kappa shape index (κ1) is 22.4. The molecule has 0 radical (unpaired) electrons. The number of hydrogen-bond acceptors (Lipinski definition) is 6. The first-order valence-electron chi connectivity index (χ1n) is 10.3. The van der Waals surface area contributed by atoms with Crippen LogP contribution in [0.4, 0.5) is 5.82 Å². The molecule has 0 aliphatic carbocycles. The topological polar surface area (TPSA) is 76.4 Å². The van der Waals surface area contributed by atoms with Crippen LogP contribution in [0.25, 0.3) is 5.82 Å². The second-order valence-electron chi connectivity index (χ2n) is 7.65. The Morgan fingerprint density at radius 1 is 1.03 bits per heavy atom. The van der Waals surface area contributed by atoms with Crippen molar-refractivity contribution in [2.45, 2.75) is 20.8 Å². The van der Waals surface area contributed by atoms with Gasteiger partial charge in [-0.15, -0.1) is 0 Å². The summed E-state index contributed by atoms with van der Waals surface area (Å²) in [7, 11) is 0. The monoisotopic (exact) mass is 474 g/mol. The van der Waals surface area contributed by atoms with Crippen LogP contribution in [0.15, 0.2) is 30.6 Å². The van der Waals surface area contributed by atoms with E-state index in [2.05, 4.69) is 19.9 Å². The fraction of sp³-hybridized carbons (Fsp3) is 0.364. The Hall–Kier alpha value is -2.84. The Balaban J connectivity index is 1.38. The van der Waals surface area contributed by atoms with Crippen LogP contribution in [-0.2, 0) is 4.79 Å². The summed E-state index contributed by atoms with van der Waals surface area (Å²) in [6, 6.07) is 6.89.